The Hall–Kier alpha value is -1.77. The molecule has 0 aliphatic carbocycles. The van der Waals surface area contributed by atoms with E-state index in [9.17, 15) is 14.4 Å². The molecule has 0 aromatic heterocycles. The van der Waals surface area contributed by atoms with Gasteiger partial charge in [-0.05, 0) is 6.42 Å². The van der Waals surface area contributed by atoms with Crippen LogP contribution < -0.4 is 0 Å². The lowest BCUT2D eigenvalue weighted by Crippen LogP contribution is -2.61. The number of rotatable bonds is 3. The van der Waals surface area contributed by atoms with Crippen molar-refractivity contribution in [2.24, 2.45) is 17.3 Å². The first-order valence-corrected chi connectivity index (χ1v) is 11.4. The second kappa shape index (κ2) is 9.23. The van der Waals surface area contributed by atoms with Crippen LogP contribution in [0.5, 0.6) is 0 Å². The van der Waals surface area contributed by atoms with E-state index in [4.69, 9.17) is 23.7 Å². The van der Waals surface area contributed by atoms with Crippen molar-refractivity contribution >= 4 is 17.7 Å². The highest BCUT2D eigenvalue weighted by atomic mass is 16.7. The van der Waals surface area contributed by atoms with Crippen LogP contribution in [0.2, 0.25) is 0 Å². The molecule has 0 amide bonds. The Bertz CT molecular complexity index is 761. The molecule has 3 heterocycles. The van der Waals surface area contributed by atoms with Crippen molar-refractivity contribution < 1.29 is 38.1 Å². The lowest BCUT2D eigenvalue weighted by molar-refractivity contribution is -0.292. The van der Waals surface area contributed by atoms with Gasteiger partial charge in [0, 0.05) is 44.1 Å². The van der Waals surface area contributed by atoms with Gasteiger partial charge in [0.2, 0.25) is 5.79 Å². The molecular weight excluding hydrogens is 416 g/mol. The predicted molar refractivity (Wildman–Crippen MR) is 114 cm³/mol. The van der Waals surface area contributed by atoms with Gasteiger partial charge in [-0.25, -0.2) is 0 Å². The van der Waals surface area contributed by atoms with Gasteiger partial charge in [-0.3, -0.25) is 14.4 Å². The quantitative estimate of drug-likeness (QED) is 0.476. The number of carbonyl (C=O) groups excluding carboxylic acids is 3. The Balaban J connectivity index is 2.04. The fraction of sp³-hybridized carbons (Fsp3) is 0.792. The van der Waals surface area contributed by atoms with Gasteiger partial charge < -0.3 is 23.7 Å². The first-order chi connectivity index (χ1) is 14.9. The minimum atomic E-state index is -1.49. The molecule has 4 bridgehead atoms. The molecule has 8 atom stereocenters. The molecule has 0 saturated carbocycles. The summed E-state index contributed by atoms with van der Waals surface area (Å²) < 4.78 is 29.8. The van der Waals surface area contributed by atoms with E-state index in [0.29, 0.717) is 12.8 Å². The Morgan fingerprint density at radius 2 is 1.91 bits per heavy atom. The summed E-state index contributed by atoms with van der Waals surface area (Å²) in [5.41, 5.74) is -0.642. The van der Waals surface area contributed by atoms with Crippen molar-refractivity contribution in [2.45, 2.75) is 96.6 Å². The summed E-state index contributed by atoms with van der Waals surface area (Å²) in [5.74, 6) is -3.00. The molecule has 0 radical (unpaired) electrons. The average Bonchev–Trinajstić information content (AvgIpc) is 2.71. The normalized spacial score (nSPS) is 42.1. The van der Waals surface area contributed by atoms with Gasteiger partial charge in [-0.2, -0.15) is 0 Å². The van der Waals surface area contributed by atoms with Crippen LogP contribution in [0.1, 0.15) is 60.3 Å². The third-order valence-electron chi connectivity index (χ3n) is 7.31. The zero-order valence-electron chi connectivity index (χ0n) is 19.9. The molecule has 8 heteroatoms. The molecular formula is C24H36O8. The number of cyclic esters (lactones) is 1. The molecule has 3 rings (SSSR count). The summed E-state index contributed by atoms with van der Waals surface area (Å²) in [4.78, 5) is 37.9. The minimum Gasteiger partial charge on any atom is -0.462 e. The second-order valence-electron chi connectivity index (χ2n) is 9.98. The van der Waals surface area contributed by atoms with Gasteiger partial charge in [-0.15, -0.1) is 0 Å². The van der Waals surface area contributed by atoms with Crippen LogP contribution in [-0.2, 0) is 38.1 Å². The van der Waals surface area contributed by atoms with Crippen LogP contribution in [0, 0.1) is 17.3 Å². The molecule has 0 aromatic rings. The first-order valence-electron chi connectivity index (χ1n) is 11.4. The maximum absolute atomic E-state index is 13.3. The number of methoxy groups -OCH3 is 1. The van der Waals surface area contributed by atoms with E-state index in [2.05, 4.69) is 6.58 Å². The summed E-state index contributed by atoms with van der Waals surface area (Å²) in [6, 6.07) is 0. The van der Waals surface area contributed by atoms with Crippen molar-refractivity contribution in [1.29, 1.82) is 0 Å². The van der Waals surface area contributed by atoms with Gasteiger partial charge in [0.1, 0.15) is 12.2 Å². The average molecular weight is 453 g/mol. The molecule has 0 spiro atoms. The number of hydrogen-bond acceptors (Lipinski definition) is 8. The SMILES string of the molecule is C=C[C@H]1OC(=O)C[C@@H]2O[C@@H](C[C@H](OC(C)=O)[C@H]2C)C[C@@]2(OC)O[C@H](C[C@@H](C)C2=O)C1(C)C. The maximum Gasteiger partial charge on any atom is 0.309 e. The van der Waals surface area contributed by atoms with Crippen molar-refractivity contribution in [1.82, 2.24) is 0 Å². The number of ether oxygens (including phenoxy) is 5. The number of ketones is 1. The molecule has 3 saturated heterocycles. The summed E-state index contributed by atoms with van der Waals surface area (Å²) in [7, 11) is 1.46. The summed E-state index contributed by atoms with van der Waals surface area (Å²) in [5, 5.41) is 0. The molecule has 180 valence electrons. The highest BCUT2D eigenvalue weighted by molar-refractivity contribution is 5.88. The van der Waals surface area contributed by atoms with Crippen LogP contribution in [0.25, 0.3) is 0 Å². The third-order valence-corrected chi connectivity index (χ3v) is 7.31. The van der Waals surface area contributed by atoms with Gasteiger partial charge in [0.25, 0.3) is 0 Å². The number of carbonyl (C=O) groups is 3. The lowest BCUT2D eigenvalue weighted by atomic mass is 9.73. The van der Waals surface area contributed by atoms with Crippen molar-refractivity contribution in [3.05, 3.63) is 12.7 Å². The molecule has 0 aromatic carbocycles. The van der Waals surface area contributed by atoms with Crippen molar-refractivity contribution in [2.75, 3.05) is 7.11 Å². The fourth-order valence-electron chi connectivity index (χ4n) is 5.19. The van der Waals surface area contributed by atoms with E-state index in [0.717, 1.165) is 0 Å². The third kappa shape index (κ3) is 4.63. The van der Waals surface area contributed by atoms with Crippen LogP contribution in [0.15, 0.2) is 12.7 Å². The monoisotopic (exact) mass is 452 g/mol. The van der Waals surface area contributed by atoms with E-state index in [1.54, 1.807) is 6.08 Å². The molecule has 3 fully saturated rings. The minimum absolute atomic E-state index is 0.00566. The van der Waals surface area contributed by atoms with E-state index < -0.39 is 53.7 Å². The predicted octanol–water partition coefficient (Wildman–Crippen LogP) is 2.97. The Morgan fingerprint density at radius 3 is 2.50 bits per heavy atom. The smallest absolute Gasteiger partial charge is 0.309 e. The fourth-order valence-corrected chi connectivity index (χ4v) is 5.19. The highest BCUT2D eigenvalue weighted by Crippen LogP contribution is 2.45. The van der Waals surface area contributed by atoms with Gasteiger partial charge in [0.05, 0.1) is 24.7 Å². The second-order valence-corrected chi connectivity index (χ2v) is 9.98. The standard InChI is InChI=1S/C24H36O8/c1-8-19-23(5,6)20-9-13(2)22(27)24(28-7,32-20)12-16-10-17(29-15(4)25)14(3)18(30-16)11-21(26)31-19/h8,13-14,16-20H,1,9-12H2,2-7H3/t13-,14-,16+,17+,18+,19-,20-,24-/m1/s1. The van der Waals surface area contributed by atoms with E-state index in [1.807, 2.05) is 27.7 Å². The maximum atomic E-state index is 13.3. The molecule has 32 heavy (non-hydrogen) atoms. The molecule has 0 unspecified atom stereocenters. The largest absolute Gasteiger partial charge is 0.462 e. The Labute approximate surface area is 189 Å². The summed E-state index contributed by atoms with van der Waals surface area (Å²) in [6.07, 6.45) is 0.0465. The van der Waals surface area contributed by atoms with Crippen molar-refractivity contribution in [3.63, 3.8) is 0 Å². The topological polar surface area (TPSA) is 97.4 Å². The molecule has 8 nitrogen and oxygen atoms in total. The number of esters is 2. The Morgan fingerprint density at radius 1 is 1.22 bits per heavy atom. The van der Waals surface area contributed by atoms with Crippen molar-refractivity contribution in [3.8, 4) is 0 Å². The summed E-state index contributed by atoms with van der Waals surface area (Å²) >= 11 is 0. The lowest BCUT2D eigenvalue weighted by Gasteiger charge is -2.50. The zero-order valence-corrected chi connectivity index (χ0v) is 19.9. The van der Waals surface area contributed by atoms with Crippen LogP contribution in [-0.4, -0.2) is 61.1 Å². The van der Waals surface area contributed by atoms with Crippen LogP contribution in [0.3, 0.4) is 0 Å². The molecule has 3 aliphatic heterocycles. The molecule has 3 aliphatic rings. The van der Waals surface area contributed by atoms with Gasteiger partial charge >= 0.3 is 11.9 Å². The number of hydrogen-bond donors (Lipinski definition) is 0. The van der Waals surface area contributed by atoms with Crippen LogP contribution >= 0.6 is 0 Å². The highest BCUT2D eigenvalue weighted by Gasteiger charge is 2.56. The summed E-state index contributed by atoms with van der Waals surface area (Å²) in [6.45, 7) is 12.9. The van der Waals surface area contributed by atoms with E-state index in [-0.39, 0.29) is 30.5 Å². The van der Waals surface area contributed by atoms with E-state index >= 15 is 0 Å². The number of fused-ring (bicyclic) bond motifs is 4. The van der Waals surface area contributed by atoms with Crippen LogP contribution in [0.4, 0.5) is 0 Å². The van der Waals surface area contributed by atoms with Gasteiger partial charge in [-0.1, -0.05) is 40.3 Å². The number of Topliss-reactive ketones (excluding diaryl/α,β-unsaturated/α-hetero) is 1. The van der Waals surface area contributed by atoms with E-state index in [1.165, 1.54) is 14.0 Å². The Kier molecular flexibility index (Phi) is 7.17. The van der Waals surface area contributed by atoms with Gasteiger partial charge in [0.15, 0.2) is 5.78 Å². The zero-order chi connectivity index (χ0) is 23.8. The first kappa shape index (κ1) is 24.9. The molecule has 0 N–H and O–H groups in total.